The van der Waals surface area contributed by atoms with E-state index in [1.165, 1.54) is 6.20 Å². The highest BCUT2D eigenvalue weighted by molar-refractivity contribution is 6.03. The highest BCUT2D eigenvalue weighted by Gasteiger charge is 2.33. The van der Waals surface area contributed by atoms with Crippen molar-refractivity contribution in [3.8, 4) is 5.75 Å². The number of phenolic OH excluding ortho intramolecular Hbond substituents is 1. The number of phenols is 1. The SMILES string of the molecule is CN(C[C@H]1C[C@@H](c2ccc(CO)cc2)O[C@@H](c2ccc(NC(=O)c3cnc4ccccc4n3)cc2)O1)C[C@@H](O)c1cccc(O)c1. The number of likely N-dealkylation sites (N-methyl/N-ethyl adjacent to an activating group) is 1. The van der Waals surface area contributed by atoms with Gasteiger partial charge in [0.25, 0.3) is 5.91 Å². The molecule has 10 heteroatoms. The van der Waals surface area contributed by atoms with Crippen molar-refractivity contribution in [2.75, 3.05) is 25.5 Å². The minimum absolute atomic E-state index is 0.0389. The van der Waals surface area contributed by atoms with Crippen molar-refractivity contribution < 1.29 is 29.6 Å². The summed E-state index contributed by atoms with van der Waals surface area (Å²) in [4.78, 5) is 23.7. The lowest BCUT2D eigenvalue weighted by Gasteiger charge is -2.38. The standard InChI is InChI=1S/C36H36N4O6/c1-40(21-33(43)26-5-4-6-28(42)17-26)20-29-18-34(24-11-9-23(22-41)10-12-24)46-36(45-29)25-13-15-27(16-14-25)38-35(44)32-19-37-30-7-2-3-8-31(30)39-32/h2-17,19,29,33-34,36,41-43H,18,20-22H2,1H3,(H,38,44)/t29-,33-,34+,36+/m1/s1. The van der Waals surface area contributed by atoms with Crippen LogP contribution < -0.4 is 5.32 Å². The van der Waals surface area contributed by atoms with Crippen LogP contribution in [0.1, 0.15) is 57.7 Å². The first kappa shape index (κ1) is 31.3. The van der Waals surface area contributed by atoms with E-state index in [2.05, 4.69) is 15.3 Å². The molecular weight excluding hydrogens is 584 g/mol. The number of hydrogen-bond donors (Lipinski definition) is 4. The molecule has 1 aromatic heterocycles. The molecule has 0 aliphatic carbocycles. The number of anilines is 1. The van der Waals surface area contributed by atoms with E-state index in [0.717, 1.165) is 22.2 Å². The summed E-state index contributed by atoms with van der Waals surface area (Å²) in [5.41, 5.74) is 5.38. The summed E-state index contributed by atoms with van der Waals surface area (Å²) in [6, 6.07) is 29.0. The number of nitrogens with one attached hydrogen (secondary N) is 1. The van der Waals surface area contributed by atoms with E-state index >= 15 is 0 Å². The van der Waals surface area contributed by atoms with Crippen molar-refractivity contribution in [1.29, 1.82) is 0 Å². The number of fused-ring (bicyclic) bond motifs is 1. The van der Waals surface area contributed by atoms with Gasteiger partial charge < -0.3 is 35.0 Å². The van der Waals surface area contributed by atoms with Crippen LogP contribution in [0.4, 0.5) is 5.69 Å². The van der Waals surface area contributed by atoms with Crippen molar-refractivity contribution in [2.24, 2.45) is 0 Å². The Kier molecular flexibility index (Phi) is 9.62. The predicted octanol–water partition coefficient (Wildman–Crippen LogP) is 5.29. The molecule has 1 aliphatic rings. The Labute approximate surface area is 266 Å². The summed E-state index contributed by atoms with van der Waals surface area (Å²) in [7, 11) is 1.92. The monoisotopic (exact) mass is 620 g/mol. The number of hydrogen-bond acceptors (Lipinski definition) is 9. The largest absolute Gasteiger partial charge is 0.508 e. The van der Waals surface area contributed by atoms with Gasteiger partial charge in [-0.25, -0.2) is 4.98 Å². The van der Waals surface area contributed by atoms with Gasteiger partial charge in [0.2, 0.25) is 0 Å². The zero-order valence-electron chi connectivity index (χ0n) is 25.4. The van der Waals surface area contributed by atoms with Crippen LogP contribution >= 0.6 is 0 Å². The van der Waals surface area contributed by atoms with Gasteiger partial charge in [0.05, 0.1) is 42.1 Å². The van der Waals surface area contributed by atoms with Gasteiger partial charge in [-0.2, -0.15) is 0 Å². The molecule has 1 aliphatic heterocycles. The summed E-state index contributed by atoms with van der Waals surface area (Å²) in [6.07, 6.45) is 0.0885. The number of amides is 1. The van der Waals surface area contributed by atoms with Crippen molar-refractivity contribution in [1.82, 2.24) is 14.9 Å². The van der Waals surface area contributed by atoms with E-state index in [0.29, 0.717) is 36.3 Å². The van der Waals surface area contributed by atoms with Crippen LogP contribution in [0.5, 0.6) is 5.75 Å². The first-order valence-corrected chi connectivity index (χ1v) is 15.1. The molecule has 0 radical (unpaired) electrons. The van der Waals surface area contributed by atoms with Gasteiger partial charge in [-0.15, -0.1) is 0 Å². The lowest BCUT2D eigenvalue weighted by molar-refractivity contribution is -0.252. The number of para-hydroxylation sites is 2. The first-order valence-electron chi connectivity index (χ1n) is 15.1. The summed E-state index contributed by atoms with van der Waals surface area (Å²) in [6.45, 7) is 0.839. The van der Waals surface area contributed by atoms with Crippen LogP contribution in [0.25, 0.3) is 11.0 Å². The quantitative estimate of drug-likeness (QED) is 0.164. The van der Waals surface area contributed by atoms with Gasteiger partial charge in [-0.05, 0) is 60.1 Å². The van der Waals surface area contributed by atoms with Crippen molar-refractivity contribution >= 4 is 22.6 Å². The molecule has 1 fully saturated rings. The minimum Gasteiger partial charge on any atom is -0.508 e. The number of aliphatic hydroxyl groups is 2. The van der Waals surface area contributed by atoms with E-state index in [9.17, 15) is 20.1 Å². The molecule has 0 bridgehead atoms. The van der Waals surface area contributed by atoms with Crippen LogP contribution in [0, 0.1) is 0 Å². The van der Waals surface area contributed by atoms with Crippen molar-refractivity contribution in [3.63, 3.8) is 0 Å². The Morgan fingerprint density at radius 3 is 2.43 bits per heavy atom. The van der Waals surface area contributed by atoms with Crippen LogP contribution in [-0.4, -0.2) is 62.3 Å². The predicted molar refractivity (Wildman–Crippen MR) is 173 cm³/mol. The molecule has 10 nitrogen and oxygen atoms in total. The van der Waals surface area contributed by atoms with Crippen LogP contribution in [0.2, 0.25) is 0 Å². The number of aromatic nitrogens is 2. The van der Waals surface area contributed by atoms with Crippen LogP contribution in [0.3, 0.4) is 0 Å². The summed E-state index contributed by atoms with van der Waals surface area (Å²) in [5, 5.41) is 33.0. The maximum absolute atomic E-state index is 12.9. The topological polar surface area (TPSA) is 137 Å². The third-order valence-corrected chi connectivity index (χ3v) is 7.99. The number of aliphatic hydroxyl groups excluding tert-OH is 2. The Balaban J connectivity index is 1.15. The number of benzene rings is 4. The van der Waals surface area contributed by atoms with Gasteiger partial charge in [-0.3, -0.25) is 9.78 Å². The van der Waals surface area contributed by atoms with E-state index in [4.69, 9.17) is 9.47 Å². The number of rotatable bonds is 10. The molecule has 4 aromatic carbocycles. The second-order valence-corrected chi connectivity index (χ2v) is 11.5. The normalized spacial score (nSPS) is 18.8. The average Bonchev–Trinajstić information content (AvgIpc) is 3.08. The van der Waals surface area contributed by atoms with Crippen LogP contribution in [-0.2, 0) is 16.1 Å². The molecule has 0 spiro atoms. The Bertz CT molecular complexity index is 1780. The lowest BCUT2D eigenvalue weighted by Crippen LogP contribution is -2.39. The summed E-state index contributed by atoms with van der Waals surface area (Å²) in [5.74, 6) is -0.253. The second-order valence-electron chi connectivity index (χ2n) is 11.5. The van der Waals surface area contributed by atoms with E-state index in [1.54, 1.807) is 36.4 Å². The Morgan fingerprint density at radius 2 is 1.70 bits per heavy atom. The van der Waals surface area contributed by atoms with Crippen molar-refractivity contribution in [3.05, 3.63) is 131 Å². The molecule has 2 heterocycles. The molecule has 0 unspecified atom stereocenters. The van der Waals surface area contributed by atoms with E-state index < -0.39 is 12.4 Å². The van der Waals surface area contributed by atoms with Crippen molar-refractivity contribution in [2.45, 2.75) is 37.6 Å². The highest BCUT2D eigenvalue weighted by atomic mass is 16.7. The van der Waals surface area contributed by atoms with Crippen LogP contribution in [0.15, 0.2) is 103 Å². The van der Waals surface area contributed by atoms with Gasteiger partial charge in [0.1, 0.15) is 11.4 Å². The number of nitrogens with zero attached hydrogens (tertiary/aromatic N) is 3. The maximum Gasteiger partial charge on any atom is 0.275 e. The van der Waals surface area contributed by atoms with Gasteiger partial charge in [0, 0.05) is 30.8 Å². The summed E-state index contributed by atoms with van der Waals surface area (Å²) >= 11 is 0. The molecule has 6 rings (SSSR count). The fourth-order valence-electron chi connectivity index (χ4n) is 5.57. The van der Waals surface area contributed by atoms with E-state index in [-0.39, 0.29) is 36.2 Å². The second kappa shape index (κ2) is 14.2. The zero-order chi connectivity index (χ0) is 32.0. The number of carbonyl (C=O) groups excluding carboxylic acids is 1. The average molecular weight is 621 g/mol. The molecular formula is C36H36N4O6. The van der Waals surface area contributed by atoms with Gasteiger partial charge >= 0.3 is 0 Å². The van der Waals surface area contributed by atoms with Gasteiger partial charge in [-0.1, -0.05) is 60.7 Å². The molecule has 46 heavy (non-hydrogen) atoms. The molecule has 236 valence electrons. The Hall–Kier alpha value is -4.71. The Morgan fingerprint density at radius 1 is 0.957 bits per heavy atom. The fourth-order valence-corrected chi connectivity index (χ4v) is 5.57. The molecule has 4 atom stereocenters. The third-order valence-electron chi connectivity index (χ3n) is 7.99. The molecule has 5 aromatic rings. The number of aromatic hydroxyl groups is 1. The molecule has 1 amide bonds. The maximum atomic E-state index is 12.9. The number of ether oxygens (including phenoxy) is 2. The number of carbonyl (C=O) groups is 1. The zero-order valence-corrected chi connectivity index (χ0v) is 25.4. The first-order chi connectivity index (χ1) is 22.3. The lowest BCUT2D eigenvalue weighted by atomic mass is 9.99. The van der Waals surface area contributed by atoms with Gasteiger partial charge in [0.15, 0.2) is 6.29 Å². The molecule has 4 N–H and O–H groups in total. The molecule has 1 saturated heterocycles. The minimum atomic E-state index is -0.780. The smallest absolute Gasteiger partial charge is 0.275 e. The third kappa shape index (κ3) is 7.56. The highest BCUT2D eigenvalue weighted by Crippen LogP contribution is 2.38. The van der Waals surface area contributed by atoms with E-state index in [1.807, 2.05) is 72.6 Å². The fraction of sp³-hybridized carbons (Fsp3) is 0.250. The summed E-state index contributed by atoms with van der Waals surface area (Å²) < 4.78 is 12.9. The molecule has 0 saturated carbocycles.